The Hall–Kier alpha value is -0.0400. The van der Waals surface area contributed by atoms with Gasteiger partial charge in [-0.1, -0.05) is 97.8 Å². The van der Waals surface area contributed by atoms with E-state index in [9.17, 15) is 0 Å². The van der Waals surface area contributed by atoms with E-state index in [1.807, 2.05) is 0 Å². The molecular formula is C26H51N. The van der Waals surface area contributed by atoms with Crippen molar-refractivity contribution >= 4 is 0 Å². The van der Waals surface area contributed by atoms with Crippen LogP contribution in [-0.4, -0.2) is 12.6 Å². The zero-order valence-electron chi connectivity index (χ0n) is 19.2. The second-order valence-electron chi connectivity index (χ2n) is 10.9. The van der Waals surface area contributed by atoms with Crippen molar-refractivity contribution in [2.24, 2.45) is 17.3 Å². The van der Waals surface area contributed by atoms with E-state index in [1.165, 1.54) is 122 Å². The molecule has 1 N–H and O–H groups in total. The summed E-state index contributed by atoms with van der Waals surface area (Å²) in [5, 5.41) is 4.05. The van der Waals surface area contributed by atoms with E-state index < -0.39 is 0 Å². The van der Waals surface area contributed by atoms with Crippen molar-refractivity contribution in [3.63, 3.8) is 0 Å². The minimum absolute atomic E-state index is 0.572. The van der Waals surface area contributed by atoms with Gasteiger partial charge < -0.3 is 5.32 Å². The third-order valence-corrected chi connectivity index (χ3v) is 7.67. The first-order valence-electron chi connectivity index (χ1n) is 12.8. The van der Waals surface area contributed by atoms with Crippen LogP contribution in [0.5, 0.6) is 0 Å². The van der Waals surface area contributed by atoms with Crippen molar-refractivity contribution in [3.05, 3.63) is 0 Å². The minimum atomic E-state index is 0.572. The molecule has 0 bridgehead atoms. The molecule has 160 valence electrons. The van der Waals surface area contributed by atoms with E-state index >= 15 is 0 Å². The average Bonchev–Trinajstić information content (AvgIpc) is 2.65. The smallest absolute Gasteiger partial charge is 0.00953 e. The molecular weight excluding hydrogens is 326 g/mol. The number of hydrogen-bond acceptors (Lipinski definition) is 1. The lowest BCUT2D eigenvalue weighted by atomic mass is 9.81. The lowest BCUT2D eigenvalue weighted by Gasteiger charge is -2.29. The summed E-state index contributed by atoms with van der Waals surface area (Å²) < 4.78 is 0. The van der Waals surface area contributed by atoms with E-state index in [1.54, 1.807) is 0 Å². The highest BCUT2D eigenvalue weighted by atomic mass is 14.9. The summed E-state index contributed by atoms with van der Waals surface area (Å²) in [6.07, 6.45) is 26.2. The highest BCUT2D eigenvalue weighted by Gasteiger charge is 2.23. The summed E-state index contributed by atoms with van der Waals surface area (Å²) in [6, 6.07) is 0.800. The number of rotatable bonds is 1. The molecule has 1 heterocycles. The highest BCUT2D eigenvalue weighted by molar-refractivity contribution is 4.79. The van der Waals surface area contributed by atoms with Gasteiger partial charge in [-0.15, -0.1) is 0 Å². The first kappa shape index (κ1) is 23.2. The van der Waals surface area contributed by atoms with Crippen molar-refractivity contribution in [1.29, 1.82) is 0 Å². The van der Waals surface area contributed by atoms with Crippen molar-refractivity contribution in [2.45, 2.75) is 142 Å². The van der Waals surface area contributed by atoms with Crippen LogP contribution < -0.4 is 5.32 Å². The Kier molecular flexibility index (Phi) is 11.4. The van der Waals surface area contributed by atoms with Crippen molar-refractivity contribution in [3.8, 4) is 0 Å². The molecule has 1 nitrogen and oxygen atoms in total. The Morgan fingerprint density at radius 2 is 1.11 bits per heavy atom. The maximum atomic E-state index is 4.05. The monoisotopic (exact) mass is 377 g/mol. The summed E-state index contributed by atoms with van der Waals surface area (Å²) in [7, 11) is 0. The minimum Gasteiger partial charge on any atom is -0.314 e. The maximum absolute atomic E-state index is 4.05. The van der Waals surface area contributed by atoms with E-state index in [0.29, 0.717) is 5.41 Å². The van der Waals surface area contributed by atoms with E-state index in [-0.39, 0.29) is 0 Å². The molecule has 0 aromatic rings. The SMILES string of the molecule is CC1CCCCCCCC(C2CCCCC(C)(C)CCCCN2)CCCC1. The Bertz CT molecular complexity index is 361. The summed E-state index contributed by atoms with van der Waals surface area (Å²) in [4.78, 5) is 0. The first-order chi connectivity index (χ1) is 13.1. The molecule has 27 heavy (non-hydrogen) atoms. The van der Waals surface area contributed by atoms with Gasteiger partial charge in [0.2, 0.25) is 0 Å². The second-order valence-corrected chi connectivity index (χ2v) is 10.9. The van der Waals surface area contributed by atoms with Gasteiger partial charge in [0.1, 0.15) is 0 Å². The molecule has 1 aliphatic carbocycles. The molecule has 1 aliphatic heterocycles. The molecule has 3 atom stereocenters. The van der Waals surface area contributed by atoms with Gasteiger partial charge in [0, 0.05) is 6.04 Å². The fourth-order valence-electron chi connectivity index (χ4n) is 5.63. The van der Waals surface area contributed by atoms with Crippen molar-refractivity contribution in [2.75, 3.05) is 6.54 Å². The Morgan fingerprint density at radius 3 is 1.85 bits per heavy atom. The van der Waals surface area contributed by atoms with Crippen LogP contribution in [0.15, 0.2) is 0 Å². The molecule has 1 saturated carbocycles. The molecule has 0 radical (unpaired) electrons. The Labute approximate surface area is 171 Å². The summed E-state index contributed by atoms with van der Waals surface area (Å²) >= 11 is 0. The van der Waals surface area contributed by atoms with Gasteiger partial charge in [0.15, 0.2) is 0 Å². The summed E-state index contributed by atoms with van der Waals surface area (Å²) in [5.74, 6) is 1.90. The third kappa shape index (κ3) is 10.3. The van der Waals surface area contributed by atoms with Gasteiger partial charge in [0.25, 0.3) is 0 Å². The lowest BCUT2D eigenvalue weighted by molar-refractivity contribution is 0.273. The van der Waals surface area contributed by atoms with Crippen LogP contribution in [-0.2, 0) is 0 Å². The topological polar surface area (TPSA) is 12.0 Å². The molecule has 0 amide bonds. The van der Waals surface area contributed by atoms with Crippen LogP contribution in [0.3, 0.4) is 0 Å². The zero-order valence-corrected chi connectivity index (χ0v) is 19.2. The molecule has 0 aromatic carbocycles. The normalized spacial score (nSPS) is 33.7. The van der Waals surface area contributed by atoms with Crippen LogP contribution in [0.25, 0.3) is 0 Å². The number of hydrogen-bond donors (Lipinski definition) is 1. The zero-order chi connectivity index (χ0) is 19.4. The van der Waals surface area contributed by atoms with Gasteiger partial charge in [0.05, 0.1) is 0 Å². The van der Waals surface area contributed by atoms with Crippen LogP contribution in [0.1, 0.15) is 136 Å². The molecule has 0 aromatic heterocycles. The largest absolute Gasteiger partial charge is 0.314 e. The first-order valence-corrected chi connectivity index (χ1v) is 12.8. The van der Waals surface area contributed by atoms with Crippen molar-refractivity contribution in [1.82, 2.24) is 5.32 Å². The van der Waals surface area contributed by atoms with Gasteiger partial charge in [-0.3, -0.25) is 0 Å². The standard InChI is InChI=1S/C26H51N/c1-23-15-7-5-4-6-8-17-24(18-10-9-16-23)25-19-11-12-20-26(2,3)21-13-14-22-27-25/h23-25,27H,4-22H2,1-3H3. The quantitative estimate of drug-likeness (QED) is 0.484. The third-order valence-electron chi connectivity index (χ3n) is 7.67. The second kappa shape index (κ2) is 13.2. The summed E-state index contributed by atoms with van der Waals surface area (Å²) in [5.41, 5.74) is 0.572. The number of nitrogens with one attached hydrogen (secondary N) is 1. The van der Waals surface area contributed by atoms with Crippen LogP contribution in [0.2, 0.25) is 0 Å². The van der Waals surface area contributed by atoms with E-state index in [0.717, 1.165) is 17.9 Å². The van der Waals surface area contributed by atoms with Crippen LogP contribution >= 0.6 is 0 Å². The van der Waals surface area contributed by atoms with Crippen LogP contribution in [0.4, 0.5) is 0 Å². The lowest BCUT2D eigenvalue weighted by Crippen LogP contribution is -2.37. The van der Waals surface area contributed by atoms with Crippen LogP contribution in [0, 0.1) is 17.3 Å². The fourth-order valence-corrected chi connectivity index (χ4v) is 5.63. The van der Waals surface area contributed by atoms with Gasteiger partial charge in [-0.05, 0) is 62.3 Å². The molecule has 1 heteroatoms. The predicted molar refractivity (Wildman–Crippen MR) is 121 cm³/mol. The molecule has 2 rings (SSSR count). The molecule has 0 spiro atoms. The molecule has 3 unspecified atom stereocenters. The van der Waals surface area contributed by atoms with E-state index in [2.05, 4.69) is 26.1 Å². The highest BCUT2D eigenvalue weighted by Crippen LogP contribution is 2.32. The average molecular weight is 378 g/mol. The fraction of sp³-hybridized carbons (Fsp3) is 1.00. The Morgan fingerprint density at radius 1 is 0.593 bits per heavy atom. The summed E-state index contributed by atoms with van der Waals surface area (Å²) in [6.45, 7) is 8.73. The van der Waals surface area contributed by atoms with Gasteiger partial charge in [-0.25, -0.2) is 0 Å². The van der Waals surface area contributed by atoms with Crippen molar-refractivity contribution < 1.29 is 0 Å². The molecule has 1 saturated heterocycles. The Balaban J connectivity index is 1.88. The predicted octanol–water partition coefficient (Wildman–Crippen LogP) is 8.27. The molecule has 2 fully saturated rings. The van der Waals surface area contributed by atoms with Gasteiger partial charge in [-0.2, -0.15) is 0 Å². The molecule has 2 aliphatic rings. The maximum Gasteiger partial charge on any atom is 0.00953 e. The van der Waals surface area contributed by atoms with Gasteiger partial charge >= 0.3 is 0 Å². The van der Waals surface area contributed by atoms with E-state index in [4.69, 9.17) is 0 Å².